The van der Waals surface area contributed by atoms with Crippen LogP contribution >= 0.6 is 0 Å². The molecule has 0 heterocycles. The molecule has 126 valence electrons. The number of carbonyl (C=O) groups is 1. The number of carbonyl (C=O) groups excluding carboxylic acids is 1. The lowest BCUT2D eigenvalue weighted by Gasteiger charge is -2.19. The van der Waals surface area contributed by atoms with E-state index in [1.807, 2.05) is 50.4 Å². The maximum atomic E-state index is 12.7. The van der Waals surface area contributed by atoms with Crippen LogP contribution in [0.1, 0.15) is 30.4 Å². The molecule has 0 aliphatic heterocycles. The molecule has 2 atom stereocenters. The van der Waals surface area contributed by atoms with Crippen LogP contribution in [0.2, 0.25) is 0 Å². The van der Waals surface area contributed by atoms with Crippen molar-refractivity contribution in [1.82, 2.24) is 4.90 Å². The van der Waals surface area contributed by atoms with Gasteiger partial charge in [-0.2, -0.15) is 0 Å². The van der Waals surface area contributed by atoms with E-state index >= 15 is 0 Å². The highest BCUT2D eigenvalue weighted by molar-refractivity contribution is 5.83. The first-order chi connectivity index (χ1) is 11.6. The van der Waals surface area contributed by atoms with Crippen LogP contribution in [0.4, 0.5) is 0 Å². The number of phenolic OH excluding ortho intramolecular Hbond substituents is 1. The van der Waals surface area contributed by atoms with Gasteiger partial charge in [0.2, 0.25) is 5.91 Å². The zero-order valence-corrected chi connectivity index (χ0v) is 14.1. The average molecular weight is 325 g/mol. The van der Waals surface area contributed by atoms with Crippen molar-refractivity contribution in [2.24, 2.45) is 5.92 Å². The first-order valence-corrected chi connectivity index (χ1v) is 8.34. The normalized spacial score (nSPS) is 18.9. The summed E-state index contributed by atoms with van der Waals surface area (Å²) in [6, 6.07) is 15.0. The maximum absolute atomic E-state index is 12.7. The Morgan fingerprint density at radius 1 is 1.25 bits per heavy atom. The Morgan fingerprint density at radius 2 is 2.04 bits per heavy atom. The van der Waals surface area contributed by atoms with Crippen molar-refractivity contribution in [1.29, 1.82) is 0 Å². The summed E-state index contributed by atoms with van der Waals surface area (Å²) in [7, 11) is 1.84. The molecule has 4 nitrogen and oxygen atoms in total. The van der Waals surface area contributed by atoms with Gasteiger partial charge in [0.25, 0.3) is 0 Å². The summed E-state index contributed by atoms with van der Waals surface area (Å²) in [5.41, 5.74) is 2.06. The summed E-state index contributed by atoms with van der Waals surface area (Å²) in [5.74, 6) is 1.46. The second-order valence-electron chi connectivity index (χ2n) is 6.28. The van der Waals surface area contributed by atoms with Crippen molar-refractivity contribution in [2.75, 3.05) is 13.7 Å². The van der Waals surface area contributed by atoms with E-state index in [4.69, 9.17) is 4.74 Å². The van der Waals surface area contributed by atoms with Crippen LogP contribution in [0.15, 0.2) is 48.5 Å². The number of benzene rings is 2. The predicted octanol–water partition coefficient (Wildman–Crippen LogP) is 3.55. The summed E-state index contributed by atoms with van der Waals surface area (Å²) in [4.78, 5) is 14.4. The second-order valence-corrected chi connectivity index (χ2v) is 6.28. The number of phenols is 1. The van der Waals surface area contributed by atoms with E-state index in [1.54, 1.807) is 17.0 Å². The molecular weight excluding hydrogens is 302 g/mol. The second kappa shape index (κ2) is 6.95. The lowest BCUT2D eigenvalue weighted by Crippen LogP contribution is -2.28. The molecule has 1 aliphatic rings. The average Bonchev–Trinajstić information content (AvgIpc) is 3.37. The number of hydrogen-bond donors (Lipinski definition) is 1. The summed E-state index contributed by atoms with van der Waals surface area (Å²) in [6.45, 7) is 3.10. The molecule has 2 aromatic rings. The summed E-state index contributed by atoms with van der Waals surface area (Å²) in [6.07, 6.45) is 0.847. The van der Waals surface area contributed by atoms with E-state index < -0.39 is 0 Å². The highest BCUT2D eigenvalue weighted by atomic mass is 16.5. The number of para-hydroxylation sites is 1. The predicted molar refractivity (Wildman–Crippen MR) is 93.0 cm³/mol. The Labute approximate surface area is 142 Å². The van der Waals surface area contributed by atoms with Crippen LogP contribution in [-0.2, 0) is 11.3 Å². The lowest BCUT2D eigenvalue weighted by atomic mass is 10.1. The van der Waals surface area contributed by atoms with Crippen molar-refractivity contribution in [2.45, 2.75) is 25.8 Å². The quantitative estimate of drug-likeness (QED) is 0.883. The van der Waals surface area contributed by atoms with Crippen molar-refractivity contribution in [3.63, 3.8) is 0 Å². The van der Waals surface area contributed by atoms with E-state index in [2.05, 4.69) is 0 Å². The fourth-order valence-corrected chi connectivity index (χ4v) is 3.14. The number of nitrogens with zero attached hydrogens (tertiary/aromatic N) is 1. The molecule has 0 bridgehead atoms. The largest absolute Gasteiger partial charge is 0.508 e. The molecule has 0 radical (unpaired) electrons. The van der Waals surface area contributed by atoms with E-state index in [0.717, 1.165) is 23.3 Å². The Balaban J connectivity index is 1.64. The van der Waals surface area contributed by atoms with Gasteiger partial charge < -0.3 is 14.7 Å². The molecule has 1 fully saturated rings. The van der Waals surface area contributed by atoms with Gasteiger partial charge in [0.15, 0.2) is 0 Å². The molecule has 0 spiro atoms. The first-order valence-electron chi connectivity index (χ1n) is 8.34. The van der Waals surface area contributed by atoms with E-state index in [9.17, 15) is 9.90 Å². The molecule has 24 heavy (non-hydrogen) atoms. The fourth-order valence-electron chi connectivity index (χ4n) is 3.14. The number of rotatable bonds is 6. The molecule has 1 amide bonds. The number of ether oxygens (including phenoxy) is 1. The zero-order valence-electron chi connectivity index (χ0n) is 14.1. The number of aromatic hydroxyl groups is 1. The Morgan fingerprint density at radius 3 is 2.79 bits per heavy atom. The van der Waals surface area contributed by atoms with Crippen molar-refractivity contribution < 1.29 is 14.6 Å². The van der Waals surface area contributed by atoms with Gasteiger partial charge >= 0.3 is 0 Å². The molecule has 0 saturated heterocycles. The molecule has 1 saturated carbocycles. The fraction of sp³-hybridized carbons (Fsp3) is 0.350. The van der Waals surface area contributed by atoms with Crippen molar-refractivity contribution in [3.8, 4) is 11.5 Å². The van der Waals surface area contributed by atoms with Gasteiger partial charge in [-0.05, 0) is 43.0 Å². The topological polar surface area (TPSA) is 49.8 Å². The van der Waals surface area contributed by atoms with Gasteiger partial charge in [0, 0.05) is 25.1 Å². The zero-order chi connectivity index (χ0) is 17.1. The van der Waals surface area contributed by atoms with Crippen LogP contribution in [0.5, 0.6) is 11.5 Å². The molecule has 3 rings (SSSR count). The third-order valence-electron chi connectivity index (χ3n) is 4.46. The summed E-state index contributed by atoms with van der Waals surface area (Å²) in [5, 5.41) is 9.59. The summed E-state index contributed by atoms with van der Waals surface area (Å²) >= 11 is 0. The minimum Gasteiger partial charge on any atom is -0.508 e. The molecule has 0 unspecified atom stereocenters. The Kier molecular flexibility index (Phi) is 4.74. The lowest BCUT2D eigenvalue weighted by molar-refractivity contribution is -0.131. The Bertz CT molecular complexity index is 728. The van der Waals surface area contributed by atoms with E-state index in [0.29, 0.717) is 13.2 Å². The standard InChI is InChI=1S/C20H23NO3/c1-3-24-19-10-5-4-7-15(19)13-21(2)20(23)18-12-17(18)14-8-6-9-16(22)11-14/h4-11,17-18,22H,3,12-13H2,1-2H3/t17-,18-/m1/s1. The van der Waals surface area contributed by atoms with Crippen molar-refractivity contribution >= 4 is 5.91 Å². The van der Waals surface area contributed by atoms with Gasteiger partial charge in [-0.1, -0.05) is 30.3 Å². The highest BCUT2D eigenvalue weighted by Gasteiger charge is 2.45. The van der Waals surface area contributed by atoms with Crippen molar-refractivity contribution in [3.05, 3.63) is 59.7 Å². The number of hydrogen-bond acceptors (Lipinski definition) is 3. The third-order valence-corrected chi connectivity index (χ3v) is 4.46. The maximum Gasteiger partial charge on any atom is 0.226 e. The molecule has 2 aromatic carbocycles. The van der Waals surface area contributed by atoms with Gasteiger partial charge in [0.05, 0.1) is 6.61 Å². The van der Waals surface area contributed by atoms with E-state index in [1.165, 1.54) is 0 Å². The highest BCUT2D eigenvalue weighted by Crippen LogP contribution is 2.49. The van der Waals surface area contributed by atoms with Gasteiger partial charge in [-0.15, -0.1) is 0 Å². The molecule has 1 N–H and O–H groups in total. The third kappa shape index (κ3) is 3.53. The molecular formula is C20H23NO3. The molecule has 4 heteroatoms. The van der Waals surface area contributed by atoms with Crippen LogP contribution in [0.25, 0.3) is 0 Å². The summed E-state index contributed by atoms with van der Waals surface area (Å²) < 4.78 is 5.63. The van der Waals surface area contributed by atoms with E-state index in [-0.39, 0.29) is 23.5 Å². The molecule has 1 aliphatic carbocycles. The smallest absolute Gasteiger partial charge is 0.226 e. The first kappa shape index (κ1) is 16.4. The van der Waals surface area contributed by atoms with Crippen LogP contribution in [-0.4, -0.2) is 29.6 Å². The van der Waals surface area contributed by atoms with Crippen LogP contribution in [0, 0.1) is 5.92 Å². The molecule has 0 aromatic heterocycles. The minimum atomic E-state index is 0.0102. The van der Waals surface area contributed by atoms with Gasteiger partial charge in [-0.25, -0.2) is 0 Å². The van der Waals surface area contributed by atoms with Crippen LogP contribution < -0.4 is 4.74 Å². The van der Waals surface area contributed by atoms with Gasteiger partial charge in [0.1, 0.15) is 11.5 Å². The van der Waals surface area contributed by atoms with Crippen LogP contribution in [0.3, 0.4) is 0 Å². The number of amides is 1. The monoisotopic (exact) mass is 325 g/mol. The Hall–Kier alpha value is -2.49. The SMILES string of the molecule is CCOc1ccccc1CN(C)C(=O)[C@@H]1C[C@@H]1c1cccc(O)c1. The minimum absolute atomic E-state index is 0.0102. The van der Waals surface area contributed by atoms with Gasteiger partial charge in [-0.3, -0.25) is 4.79 Å².